The molecule has 4 fully saturated rings. The molecule has 3 aromatic carbocycles. The van der Waals surface area contributed by atoms with Crippen molar-refractivity contribution in [3.8, 4) is 10.6 Å². The Bertz CT molecular complexity index is 1200. The summed E-state index contributed by atoms with van der Waals surface area (Å²) in [7, 11) is -0.0249. The summed E-state index contributed by atoms with van der Waals surface area (Å²) >= 11 is 0. The van der Waals surface area contributed by atoms with Crippen LogP contribution in [-0.4, -0.2) is 5.60 Å². The smallest absolute Gasteiger partial charge is 0.187 e. The van der Waals surface area contributed by atoms with Gasteiger partial charge in [-0.05, 0) is 99.1 Å². The summed E-state index contributed by atoms with van der Waals surface area (Å²) in [5, 5.41) is 2.78. The van der Waals surface area contributed by atoms with Gasteiger partial charge in [0.05, 0.1) is 0 Å². The van der Waals surface area contributed by atoms with Gasteiger partial charge in [-0.3, -0.25) is 0 Å². The first-order valence-electron chi connectivity index (χ1n) is 11.9. The molecule has 4 aliphatic rings. The highest BCUT2D eigenvalue weighted by atomic mass is 32.2. The Hall–Kier alpha value is -2.32. The minimum Gasteiger partial charge on any atom is -0.487 e. The molecule has 0 radical (unpaired) electrons. The first kappa shape index (κ1) is 18.3. The van der Waals surface area contributed by atoms with Gasteiger partial charge >= 0.3 is 0 Å². The molecular weight excluding hydrogens is 396 g/mol. The topological polar surface area (TPSA) is 9.23 Å². The number of hydrogen-bond donors (Lipinski definition) is 0. The van der Waals surface area contributed by atoms with Crippen molar-refractivity contribution in [1.82, 2.24) is 0 Å². The number of benzene rings is 3. The maximum atomic E-state index is 6.84. The van der Waals surface area contributed by atoms with E-state index in [0.29, 0.717) is 0 Å². The molecule has 0 unspecified atom stereocenters. The summed E-state index contributed by atoms with van der Waals surface area (Å²) in [6, 6.07) is 26.9. The van der Waals surface area contributed by atoms with Crippen molar-refractivity contribution < 1.29 is 4.74 Å². The average Bonchev–Trinajstić information content (AvgIpc) is 3.12. The molecule has 0 amide bonds. The van der Waals surface area contributed by atoms with E-state index >= 15 is 0 Å². The minimum atomic E-state index is -0.0249. The molecule has 1 heterocycles. The molecule has 0 saturated heterocycles. The number of rotatable bonds is 3. The van der Waals surface area contributed by atoms with Crippen LogP contribution >= 0.6 is 10.5 Å². The highest BCUT2D eigenvalue weighted by Crippen LogP contribution is 2.59. The third-order valence-corrected chi connectivity index (χ3v) is 11.0. The maximum Gasteiger partial charge on any atom is 0.187 e. The average molecular weight is 426 g/mol. The molecule has 4 bridgehead atoms. The van der Waals surface area contributed by atoms with Crippen LogP contribution in [0.2, 0.25) is 0 Å². The molecule has 2 heteroatoms. The molecule has 0 atom stereocenters. The van der Waals surface area contributed by atoms with E-state index < -0.39 is 0 Å². The maximum absolute atomic E-state index is 6.84. The van der Waals surface area contributed by atoms with Gasteiger partial charge in [0.2, 0.25) is 0 Å². The van der Waals surface area contributed by atoms with Gasteiger partial charge in [0.15, 0.2) is 14.3 Å². The van der Waals surface area contributed by atoms with Gasteiger partial charge in [0.1, 0.15) is 11.4 Å². The first-order chi connectivity index (χ1) is 15.2. The van der Waals surface area contributed by atoms with E-state index in [9.17, 15) is 0 Å². The van der Waals surface area contributed by atoms with Crippen molar-refractivity contribution in [2.45, 2.75) is 44.6 Å². The normalized spacial score (nSPS) is 31.5. The van der Waals surface area contributed by atoms with E-state index in [1.54, 1.807) is 0 Å². The number of ether oxygens (including phenoxy) is 1. The van der Waals surface area contributed by atoms with E-state index in [2.05, 4.69) is 79.7 Å². The summed E-state index contributed by atoms with van der Waals surface area (Å²) in [4.78, 5) is 1.39. The lowest BCUT2D eigenvalue weighted by molar-refractivity contribution is -0.145. The Kier molecular flexibility index (Phi) is 3.88. The molecular formula is C29H29OS+. The van der Waals surface area contributed by atoms with Crippen LogP contribution in [0, 0.1) is 23.7 Å². The molecule has 0 spiro atoms. The lowest BCUT2D eigenvalue weighted by Gasteiger charge is -2.59. The number of thiophene rings is 1. The van der Waals surface area contributed by atoms with Crippen molar-refractivity contribution in [2.24, 2.45) is 23.7 Å². The lowest BCUT2D eigenvalue weighted by Crippen LogP contribution is -2.59. The van der Waals surface area contributed by atoms with Crippen LogP contribution in [0.5, 0.6) is 5.75 Å². The molecule has 0 aliphatic heterocycles. The van der Waals surface area contributed by atoms with Gasteiger partial charge in [-0.1, -0.05) is 24.3 Å². The number of hydrogen-bond acceptors (Lipinski definition) is 1. The molecule has 4 aromatic rings. The summed E-state index contributed by atoms with van der Waals surface area (Å²) in [5.74, 6) is 4.51. The molecule has 31 heavy (non-hydrogen) atoms. The zero-order valence-corrected chi connectivity index (χ0v) is 18.9. The Morgan fingerprint density at radius 3 is 1.74 bits per heavy atom. The standard InChI is InChI=1S/C29H29OS/c1-29(21-15-19-14-20(17-21)18-22(29)16-19)30-23-10-12-24(13-11-23)31-27-8-4-2-6-25(27)26-7-3-5-9-28(26)31/h2-13,19-22H,14-18H2,1H3/q+1. The SMILES string of the molecule is CC1(Oc2ccc(-[s+]3c4ccccc4c4ccccc43)cc2)C2CC3CC(C2)CC1C3. The molecule has 0 N–H and O–H groups in total. The lowest BCUT2D eigenvalue weighted by atomic mass is 9.50. The monoisotopic (exact) mass is 425 g/mol. The second-order valence-electron chi connectivity index (χ2n) is 10.4. The van der Waals surface area contributed by atoms with Crippen molar-refractivity contribution in [3.05, 3.63) is 72.8 Å². The van der Waals surface area contributed by atoms with E-state index in [-0.39, 0.29) is 16.1 Å². The Morgan fingerprint density at radius 1 is 0.677 bits per heavy atom. The van der Waals surface area contributed by atoms with E-state index in [4.69, 9.17) is 4.74 Å². The van der Waals surface area contributed by atoms with Crippen LogP contribution < -0.4 is 4.74 Å². The van der Waals surface area contributed by atoms with E-state index in [1.165, 1.54) is 57.2 Å². The second kappa shape index (κ2) is 6.59. The predicted octanol–water partition coefficient (Wildman–Crippen LogP) is 8.32. The van der Waals surface area contributed by atoms with E-state index in [0.717, 1.165) is 29.4 Å². The third-order valence-electron chi connectivity index (χ3n) is 8.66. The molecule has 156 valence electrons. The van der Waals surface area contributed by atoms with Crippen LogP contribution in [0.25, 0.3) is 25.1 Å². The van der Waals surface area contributed by atoms with Crippen molar-refractivity contribution in [3.63, 3.8) is 0 Å². The predicted molar refractivity (Wildman–Crippen MR) is 131 cm³/mol. The highest BCUT2D eigenvalue weighted by Gasteiger charge is 2.56. The Labute approximate surface area is 187 Å². The van der Waals surface area contributed by atoms with Gasteiger partial charge in [-0.2, -0.15) is 0 Å². The third kappa shape index (κ3) is 2.67. The van der Waals surface area contributed by atoms with Crippen LogP contribution in [0.1, 0.15) is 39.0 Å². The van der Waals surface area contributed by atoms with Gasteiger partial charge < -0.3 is 4.74 Å². The van der Waals surface area contributed by atoms with Gasteiger partial charge in [0, 0.05) is 33.4 Å². The fraction of sp³-hybridized carbons (Fsp3) is 0.379. The largest absolute Gasteiger partial charge is 0.487 e. The number of fused-ring (bicyclic) bond motifs is 3. The molecule has 1 nitrogen and oxygen atoms in total. The van der Waals surface area contributed by atoms with Gasteiger partial charge in [-0.25, -0.2) is 0 Å². The fourth-order valence-electron chi connectivity index (χ4n) is 7.29. The Balaban J connectivity index is 1.25. The summed E-state index contributed by atoms with van der Waals surface area (Å²) in [6.07, 6.45) is 7.04. The zero-order chi connectivity index (χ0) is 20.6. The van der Waals surface area contributed by atoms with Gasteiger partial charge in [-0.15, -0.1) is 0 Å². The van der Waals surface area contributed by atoms with Gasteiger partial charge in [0.25, 0.3) is 0 Å². The van der Waals surface area contributed by atoms with Crippen LogP contribution in [0.3, 0.4) is 0 Å². The van der Waals surface area contributed by atoms with Crippen molar-refractivity contribution in [2.75, 3.05) is 0 Å². The molecule has 4 saturated carbocycles. The van der Waals surface area contributed by atoms with Crippen LogP contribution in [0.15, 0.2) is 72.8 Å². The summed E-state index contributed by atoms with van der Waals surface area (Å²) in [6.45, 7) is 2.42. The van der Waals surface area contributed by atoms with Crippen molar-refractivity contribution >= 4 is 30.6 Å². The quantitative estimate of drug-likeness (QED) is 0.300. The second-order valence-corrected chi connectivity index (χ2v) is 12.3. The first-order valence-corrected chi connectivity index (χ1v) is 13.1. The summed E-state index contributed by atoms with van der Waals surface area (Å²) < 4.78 is 9.74. The molecule has 8 rings (SSSR count). The molecule has 4 aliphatic carbocycles. The van der Waals surface area contributed by atoms with Crippen molar-refractivity contribution in [1.29, 1.82) is 0 Å². The zero-order valence-electron chi connectivity index (χ0n) is 18.1. The summed E-state index contributed by atoms with van der Waals surface area (Å²) in [5.41, 5.74) is 0.0315. The minimum absolute atomic E-state index is 0.0249. The van der Waals surface area contributed by atoms with Crippen LogP contribution in [0.4, 0.5) is 0 Å². The Morgan fingerprint density at radius 2 is 1.19 bits per heavy atom. The van der Waals surface area contributed by atoms with Crippen LogP contribution in [-0.2, 0) is 0 Å². The van der Waals surface area contributed by atoms with E-state index in [1.807, 2.05) is 0 Å². The fourth-order valence-corrected chi connectivity index (χ4v) is 9.67. The molecule has 1 aromatic heterocycles. The highest BCUT2D eigenvalue weighted by molar-refractivity contribution is 7.50.